The van der Waals surface area contributed by atoms with Gasteiger partial charge in [-0.2, -0.15) is 0 Å². The highest BCUT2D eigenvalue weighted by atomic mass is 16.3. The number of carbonyl (C=O) groups excluding carboxylic acids is 1. The molecule has 0 aromatic rings. The minimum Gasteiger partial charge on any atom is -0.394 e. The van der Waals surface area contributed by atoms with E-state index in [0.29, 0.717) is 6.42 Å². The van der Waals surface area contributed by atoms with Gasteiger partial charge in [-0.1, -0.05) is 96.8 Å². The lowest BCUT2D eigenvalue weighted by molar-refractivity contribution is -0.123. The van der Waals surface area contributed by atoms with Crippen molar-refractivity contribution in [1.29, 1.82) is 0 Å². The third-order valence-electron chi connectivity index (χ3n) is 5.13. The number of unbranched alkanes of at least 4 members (excludes halogenated alkanes) is 14. The molecule has 0 aromatic carbocycles. The summed E-state index contributed by atoms with van der Waals surface area (Å²) in [6.45, 7) is 3.63. The normalized spacial score (nSPS) is 13.5. The van der Waals surface area contributed by atoms with Crippen LogP contribution >= 0.6 is 0 Å². The van der Waals surface area contributed by atoms with E-state index in [-0.39, 0.29) is 12.5 Å². The number of rotatable bonds is 19. The molecule has 4 heteroatoms. The number of nitrogens with one attached hydrogen (secondary N) is 1. The molecule has 0 radical (unpaired) electrons. The Bertz CT molecular complexity index is 308. The van der Waals surface area contributed by atoms with E-state index in [2.05, 4.69) is 12.2 Å². The van der Waals surface area contributed by atoms with E-state index < -0.39 is 12.1 Å². The average molecular weight is 372 g/mol. The maximum atomic E-state index is 11.7. The van der Waals surface area contributed by atoms with E-state index >= 15 is 0 Å². The molecule has 0 aliphatic carbocycles. The van der Waals surface area contributed by atoms with Crippen LogP contribution in [0.15, 0.2) is 0 Å². The van der Waals surface area contributed by atoms with Crippen molar-refractivity contribution < 1.29 is 15.0 Å². The van der Waals surface area contributed by atoms with Crippen LogP contribution in [0.1, 0.15) is 117 Å². The molecule has 0 aliphatic rings. The second-order valence-corrected chi connectivity index (χ2v) is 7.80. The van der Waals surface area contributed by atoms with Gasteiger partial charge in [0.15, 0.2) is 0 Å². The summed E-state index contributed by atoms with van der Waals surface area (Å²) >= 11 is 0. The van der Waals surface area contributed by atoms with E-state index in [4.69, 9.17) is 5.11 Å². The first-order chi connectivity index (χ1) is 12.6. The van der Waals surface area contributed by atoms with Gasteiger partial charge in [-0.25, -0.2) is 0 Å². The van der Waals surface area contributed by atoms with Gasteiger partial charge in [-0.05, 0) is 13.3 Å². The molecule has 0 aromatic heterocycles. The molecule has 3 N–H and O–H groups in total. The van der Waals surface area contributed by atoms with Gasteiger partial charge in [0, 0.05) is 6.42 Å². The fraction of sp³-hybridized carbons (Fsp3) is 0.955. The van der Waals surface area contributed by atoms with E-state index in [0.717, 1.165) is 12.8 Å². The number of hydrogen-bond donors (Lipinski definition) is 3. The summed E-state index contributed by atoms with van der Waals surface area (Å²) in [6, 6.07) is -0.543. The van der Waals surface area contributed by atoms with Crippen LogP contribution in [0, 0.1) is 0 Å². The SMILES string of the molecule is CCCCCCCCCCCCCCCCCC(=O)NC(CO)C(C)O. The van der Waals surface area contributed by atoms with Crippen molar-refractivity contribution >= 4 is 5.91 Å². The summed E-state index contributed by atoms with van der Waals surface area (Å²) < 4.78 is 0. The monoisotopic (exact) mass is 371 g/mol. The Labute approximate surface area is 162 Å². The highest BCUT2D eigenvalue weighted by Crippen LogP contribution is 2.13. The standard InChI is InChI=1S/C22H45NO3/c1-3-4-5-6-7-8-9-10-11-12-13-14-15-16-17-18-22(26)23-21(19-24)20(2)25/h20-21,24-25H,3-19H2,1-2H3,(H,23,26). The van der Waals surface area contributed by atoms with Crippen LogP contribution in [0.25, 0.3) is 0 Å². The van der Waals surface area contributed by atoms with Crippen molar-refractivity contribution in [3.63, 3.8) is 0 Å². The van der Waals surface area contributed by atoms with Crippen molar-refractivity contribution in [3.05, 3.63) is 0 Å². The first-order valence-electron chi connectivity index (χ1n) is 11.2. The van der Waals surface area contributed by atoms with Crippen LogP contribution in [0.5, 0.6) is 0 Å². The largest absolute Gasteiger partial charge is 0.394 e. The third-order valence-corrected chi connectivity index (χ3v) is 5.13. The maximum Gasteiger partial charge on any atom is 0.220 e. The fourth-order valence-corrected chi connectivity index (χ4v) is 3.25. The molecule has 156 valence electrons. The second kappa shape index (κ2) is 19.2. The first kappa shape index (κ1) is 25.4. The highest BCUT2D eigenvalue weighted by Gasteiger charge is 2.15. The molecule has 0 spiro atoms. The lowest BCUT2D eigenvalue weighted by Crippen LogP contribution is -2.44. The quantitative estimate of drug-likeness (QED) is 0.276. The summed E-state index contributed by atoms with van der Waals surface area (Å²) in [6.07, 6.45) is 19.5. The zero-order chi connectivity index (χ0) is 19.5. The Hall–Kier alpha value is -0.610. The second-order valence-electron chi connectivity index (χ2n) is 7.80. The van der Waals surface area contributed by atoms with Crippen molar-refractivity contribution in [2.75, 3.05) is 6.61 Å². The average Bonchev–Trinajstić information content (AvgIpc) is 2.62. The van der Waals surface area contributed by atoms with Crippen molar-refractivity contribution in [1.82, 2.24) is 5.32 Å². The van der Waals surface area contributed by atoms with Gasteiger partial charge in [-0.15, -0.1) is 0 Å². The van der Waals surface area contributed by atoms with Crippen LogP contribution in [0.3, 0.4) is 0 Å². The van der Waals surface area contributed by atoms with Gasteiger partial charge in [0.25, 0.3) is 0 Å². The van der Waals surface area contributed by atoms with Crippen LogP contribution in [0.4, 0.5) is 0 Å². The molecular formula is C22H45NO3. The summed E-state index contributed by atoms with van der Waals surface area (Å²) in [4.78, 5) is 11.7. The summed E-state index contributed by atoms with van der Waals surface area (Å²) in [7, 11) is 0. The van der Waals surface area contributed by atoms with Gasteiger partial charge in [0.1, 0.15) is 0 Å². The van der Waals surface area contributed by atoms with Gasteiger partial charge >= 0.3 is 0 Å². The van der Waals surface area contributed by atoms with E-state index in [1.807, 2.05) is 0 Å². The van der Waals surface area contributed by atoms with Crippen LogP contribution in [-0.2, 0) is 4.79 Å². The van der Waals surface area contributed by atoms with E-state index in [1.54, 1.807) is 6.92 Å². The van der Waals surface area contributed by atoms with Crippen LogP contribution in [-0.4, -0.2) is 34.9 Å². The zero-order valence-electron chi connectivity index (χ0n) is 17.5. The number of aliphatic hydroxyl groups excluding tert-OH is 2. The summed E-state index contributed by atoms with van der Waals surface area (Å²) in [5.41, 5.74) is 0. The van der Waals surface area contributed by atoms with E-state index in [9.17, 15) is 9.90 Å². The van der Waals surface area contributed by atoms with Gasteiger partial charge < -0.3 is 15.5 Å². The molecule has 1 amide bonds. The molecule has 2 atom stereocenters. The van der Waals surface area contributed by atoms with E-state index in [1.165, 1.54) is 83.5 Å². The minimum absolute atomic E-state index is 0.0698. The Morgan fingerprint density at radius 1 is 0.769 bits per heavy atom. The molecule has 0 heterocycles. The lowest BCUT2D eigenvalue weighted by atomic mass is 10.0. The molecular weight excluding hydrogens is 326 g/mol. The van der Waals surface area contributed by atoms with Gasteiger partial charge in [-0.3, -0.25) is 4.79 Å². The third kappa shape index (κ3) is 16.8. The zero-order valence-corrected chi connectivity index (χ0v) is 17.5. The predicted octanol–water partition coefficient (Wildman–Crippen LogP) is 5.11. The number of amides is 1. The molecule has 26 heavy (non-hydrogen) atoms. The Balaban J connectivity index is 3.25. The first-order valence-corrected chi connectivity index (χ1v) is 11.2. The molecule has 0 fully saturated rings. The van der Waals surface area contributed by atoms with Crippen LogP contribution < -0.4 is 5.32 Å². The fourth-order valence-electron chi connectivity index (χ4n) is 3.25. The Morgan fingerprint density at radius 2 is 1.15 bits per heavy atom. The molecule has 0 saturated heterocycles. The molecule has 0 rings (SSSR count). The molecule has 2 unspecified atom stereocenters. The van der Waals surface area contributed by atoms with Crippen LogP contribution in [0.2, 0.25) is 0 Å². The Morgan fingerprint density at radius 3 is 1.50 bits per heavy atom. The Kier molecular flexibility index (Phi) is 18.7. The number of aliphatic hydroxyl groups is 2. The predicted molar refractivity (Wildman–Crippen MR) is 110 cm³/mol. The molecule has 0 saturated carbocycles. The van der Waals surface area contributed by atoms with Gasteiger partial charge in [0.2, 0.25) is 5.91 Å². The van der Waals surface area contributed by atoms with Crippen molar-refractivity contribution in [2.45, 2.75) is 129 Å². The number of carbonyl (C=O) groups is 1. The topological polar surface area (TPSA) is 69.6 Å². The van der Waals surface area contributed by atoms with Gasteiger partial charge in [0.05, 0.1) is 18.8 Å². The molecule has 4 nitrogen and oxygen atoms in total. The number of hydrogen-bond acceptors (Lipinski definition) is 3. The van der Waals surface area contributed by atoms with Crippen molar-refractivity contribution in [2.24, 2.45) is 0 Å². The summed E-state index contributed by atoms with van der Waals surface area (Å²) in [5, 5.41) is 21.1. The molecule has 0 aliphatic heterocycles. The maximum absolute atomic E-state index is 11.7. The smallest absolute Gasteiger partial charge is 0.220 e. The summed E-state index contributed by atoms with van der Waals surface area (Å²) in [5.74, 6) is -0.0698. The minimum atomic E-state index is -0.718. The lowest BCUT2D eigenvalue weighted by Gasteiger charge is -2.18. The molecule has 0 bridgehead atoms. The van der Waals surface area contributed by atoms with Crippen molar-refractivity contribution in [3.8, 4) is 0 Å². The highest BCUT2D eigenvalue weighted by molar-refractivity contribution is 5.76.